The second kappa shape index (κ2) is 6.42. The number of anilines is 1. The topological polar surface area (TPSA) is 57.8 Å². The number of para-hydroxylation sites is 1. The van der Waals surface area contributed by atoms with Gasteiger partial charge in [0, 0.05) is 0 Å². The van der Waals surface area contributed by atoms with E-state index in [0.29, 0.717) is 5.16 Å². The molecule has 0 bridgehead atoms. The molecule has 1 amide bonds. The molecule has 0 unspecified atom stereocenters. The van der Waals surface area contributed by atoms with Crippen LogP contribution in [0.4, 0.5) is 10.1 Å². The Hall–Kier alpha value is -2.34. The van der Waals surface area contributed by atoms with Crippen molar-refractivity contribution in [3.8, 4) is 0 Å². The van der Waals surface area contributed by atoms with Crippen molar-refractivity contribution < 1.29 is 9.18 Å². The first-order valence-electron chi connectivity index (χ1n) is 7.21. The smallest absolute Gasteiger partial charge is 0.237 e. The van der Waals surface area contributed by atoms with Gasteiger partial charge in [-0.1, -0.05) is 30.0 Å². The Bertz CT molecular complexity index is 862. The first kappa shape index (κ1) is 15.6. The zero-order valence-electron chi connectivity index (χ0n) is 12.8. The maximum Gasteiger partial charge on any atom is 0.237 e. The molecule has 2 aromatic carbocycles. The summed E-state index contributed by atoms with van der Waals surface area (Å²) in [5.41, 5.74) is 3.13. The summed E-state index contributed by atoms with van der Waals surface area (Å²) in [4.78, 5) is 19.8. The molecule has 0 aliphatic rings. The van der Waals surface area contributed by atoms with Crippen LogP contribution in [0.15, 0.2) is 47.6 Å². The quantitative estimate of drug-likeness (QED) is 0.708. The molecule has 0 saturated heterocycles. The molecule has 1 aromatic heterocycles. The maximum absolute atomic E-state index is 13.6. The number of carbonyl (C=O) groups is 1. The van der Waals surface area contributed by atoms with E-state index in [9.17, 15) is 9.18 Å². The number of carbonyl (C=O) groups excluding carboxylic acids is 1. The van der Waals surface area contributed by atoms with Crippen LogP contribution in [0.3, 0.4) is 0 Å². The fourth-order valence-electron chi connectivity index (χ4n) is 2.17. The first-order chi connectivity index (χ1) is 11.0. The summed E-state index contributed by atoms with van der Waals surface area (Å²) in [6.07, 6.45) is 0. The number of nitrogens with one attached hydrogen (secondary N) is 2. The Morgan fingerprint density at radius 1 is 1.30 bits per heavy atom. The van der Waals surface area contributed by atoms with E-state index in [1.54, 1.807) is 19.1 Å². The average molecular weight is 329 g/mol. The zero-order valence-corrected chi connectivity index (χ0v) is 13.6. The molecular formula is C17H16FN3OS. The van der Waals surface area contributed by atoms with Crippen molar-refractivity contribution in [2.24, 2.45) is 0 Å². The lowest BCUT2D eigenvalue weighted by atomic mass is 10.2. The van der Waals surface area contributed by atoms with E-state index >= 15 is 0 Å². The second-order valence-electron chi connectivity index (χ2n) is 5.29. The molecule has 0 spiro atoms. The number of fused-ring (bicyclic) bond motifs is 1. The van der Waals surface area contributed by atoms with Gasteiger partial charge in [-0.25, -0.2) is 9.37 Å². The van der Waals surface area contributed by atoms with Gasteiger partial charge in [-0.15, -0.1) is 0 Å². The minimum Gasteiger partial charge on any atom is -0.333 e. The molecule has 3 aromatic rings. The van der Waals surface area contributed by atoms with Gasteiger partial charge in [0.15, 0.2) is 5.16 Å². The molecule has 0 radical (unpaired) electrons. The first-order valence-corrected chi connectivity index (χ1v) is 8.09. The van der Waals surface area contributed by atoms with E-state index in [0.717, 1.165) is 16.6 Å². The van der Waals surface area contributed by atoms with E-state index in [-0.39, 0.29) is 11.6 Å². The number of aryl methyl sites for hydroxylation is 1. The van der Waals surface area contributed by atoms with Crippen LogP contribution < -0.4 is 5.32 Å². The van der Waals surface area contributed by atoms with Gasteiger partial charge in [-0.05, 0) is 43.7 Å². The highest BCUT2D eigenvalue weighted by Gasteiger charge is 2.17. The summed E-state index contributed by atoms with van der Waals surface area (Å²) in [6, 6.07) is 12.1. The molecule has 118 valence electrons. The van der Waals surface area contributed by atoms with Crippen LogP contribution >= 0.6 is 11.8 Å². The van der Waals surface area contributed by atoms with Gasteiger partial charge in [0.2, 0.25) is 5.91 Å². The molecule has 0 aliphatic heterocycles. The van der Waals surface area contributed by atoms with Gasteiger partial charge < -0.3 is 10.3 Å². The molecule has 0 aliphatic carbocycles. The SMILES string of the molecule is Cc1ccc2nc(S[C@H](C)C(=O)Nc3ccccc3F)[nH]c2c1. The van der Waals surface area contributed by atoms with Crippen LogP contribution in [-0.4, -0.2) is 21.1 Å². The molecule has 6 heteroatoms. The number of nitrogens with zero attached hydrogens (tertiary/aromatic N) is 1. The number of hydrogen-bond acceptors (Lipinski definition) is 3. The van der Waals surface area contributed by atoms with Crippen molar-refractivity contribution in [3.05, 3.63) is 53.8 Å². The number of halogens is 1. The summed E-state index contributed by atoms with van der Waals surface area (Å²) in [5, 5.41) is 2.86. The van der Waals surface area contributed by atoms with Gasteiger partial charge in [0.25, 0.3) is 0 Å². The molecule has 1 atom stereocenters. The van der Waals surface area contributed by atoms with Crippen molar-refractivity contribution in [2.75, 3.05) is 5.32 Å². The highest BCUT2D eigenvalue weighted by Crippen LogP contribution is 2.25. The van der Waals surface area contributed by atoms with Crippen molar-refractivity contribution in [3.63, 3.8) is 0 Å². The highest BCUT2D eigenvalue weighted by atomic mass is 32.2. The minimum atomic E-state index is -0.447. The van der Waals surface area contributed by atoms with Crippen LogP contribution in [0.1, 0.15) is 12.5 Å². The van der Waals surface area contributed by atoms with Crippen molar-refractivity contribution >= 4 is 34.4 Å². The third kappa shape index (κ3) is 3.53. The number of thioether (sulfide) groups is 1. The molecular weight excluding hydrogens is 313 g/mol. The Morgan fingerprint density at radius 3 is 2.87 bits per heavy atom. The largest absolute Gasteiger partial charge is 0.333 e. The highest BCUT2D eigenvalue weighted by molar-refractivity contribution is 8.00. The number of aromatic amines is 1. The van der Waals surface area contributed by atoms with Gasteiger partial charge in [0.1, 0.15) is 5.82 Å². The van der Waals surface area contributed by atoms with Crippen LogP contribution in [0.25, 0.3) is 11.0 Å². The summed E-state index contributed by atoms with van der Waals surface area (Å²) in [5.74, 6) is -0.714. The number of hydrogen-bond donors (Lipinski definition) is 2. The van der Waals surface area contributed by atoms with E-state index in [1.165, 1.54) is 23.9 Å². The lowest BCUT2D eigenvalue weighted by Crippen LogP contribution is -2.23. The Kier molecular flexibility index (Phi) is 4.34. The lowest BCUT2D eigenvalue weighted by Gasteiger charge is -2.10. The summed E-state index contributed by atoms with van der Waals surface area (Å²) >= 11 is 1.31. The Balaban J connectivity index is 1.71. The number of H-pyrrole nitrogens is 1. The molecule has 23 heavy (non-hydrogen) atoms. The zero-order chi connectivity index (χ0) is 16.4. The summed E-state index contributed by atoms with van der Waals surface area (Å²) < 4.78 is 13.6. The molecule has 0 fully saturated rings. The molecule has 0 saturated carbocycles. The van der Waals surface area contributed by atoms with E-state index in [2.05, 4.69) is 15.3 Å². The van der Waals surface area contributed by atoms with E-state index in [4.69, 9.17) is 0 Å². The number of rotatable bonds is 4. The fraction of sp³-hybridized carbons (Fsp3) is 0.176. The van der Waals surface area contributed by atoms with Gasteiger partial charge >= 0.3 is 0 Å². The average Bonchev–Trinajstić information content (AvgIpc) is 2.90. The molecule has 3 rings (SSSR count). The van der Waals surface area contributed by atoms with E-state index in [1.807, 2.05) is 25.1 Å². The fourth-order valence-corrected chi connectivity index (χ4v) is 2.99. The predicted octanol–water partition coefficient (Wildman–Crippen LogP) is 4.13. The lowest BCUT2D eigenvalue weighted by molar-refractivity contribution is -0.115. The van der Waals surface area contributed by atoms with Crippen molar-refractivity contribution in [2.45, 2.75) is 24.3 Å². The van der Waals surface area contributed by atoms with Crippen LogP contribution in [0, 0.1) is 12.7 Å². The van der Waals surface area contributed by atoms with Crippen molar-refractivity contribution in [1.82, 2.24) is 9.97 Å². The molecule has 2 N–H and O–H groups in total. The van der Waals surface area contributed by atoms with E-state index < -0.39 is 11.1 Å². The Morgan fingerprint density at radius 2 is 2.09 bits per heavy atom. The predicted molar refractivity (Wildman–Crippen MR) is 91.2 cm³/mol. The molecule has 4 nitrogen and oxygen atoms in total. The maximum atomic E-state index is 13.6. The van der Waals surface area contributed by atoms with Gasteiger partial charge in [0.05, 0.1) is 22.0 Å². The minimum absolute atomic E-state index is 0.185. The standard InChI is InChI=1S/C17H16FN3OS/c1-10-7-8-14-15(9-10)21-17(20-14)23-11(2)16(22)19-13-6-4-3-5-12(13)18/h3-9,11H,1-2H3,(H,19,22)(H,20,21)/t11-/m1/s1. The summed E-state index contributed by atoms with van der Waals surface area (Å²) in [7, 11) is 0. The number of aromatic nitrogens is 2. The number of benzene rings is 2. The van der Waals surface area contributed by atoms with Crippen molar-refractivity contribution in [1.29, 1.82) is 0 Å². The van der Waals surface area contributed by atoms with Crippen LogP contribution in [-0.2, 0) is 4.79 Å². The van der Waals surface area contributed by atoms with Crippen LogP contribution in [0.5, 0.6) is 0 Å². The van der Waals surface area contributed by atoms with Gasteiger partial charge in [-0.3, -0.25) is 4.79 Å². The third-order valence-corrected chi connectivity index (χ3v) is 4.39. The molecule has 1 heterocycles. The van der Waals surface area contributed by atoms with Gasteiger partial charge in [-0.2, -0.15) is 0 Å². The normalized spacial score (nSPS) is 12.3. The summed E-state index contributed by atoms with van der Waals surface area (Å²) in [6.45, 7) is 3.77. The second-order valence-corrected chi connectivity index (χ2v) is 6.62. The van der Waals surface area contributed by atoms with Crippen LogP contribution in [0.2, 0.25) is 0 Å². The Labute approximate surface area is 137 Å². The third-order valence-electron chi connectivity index (χ3n) is 3.41. The monoisotopic (exact) mass is 329 g/mol. The number of amides is 1. The number of imidazole rings is 1.